The second-order valence-corrected chi connectivity index (χ2v) is 6.52. The van der Waals surface area contributed by atoms with Crippen LogP contribution in [0, 0.1) is 5.41 Å². The van der Waals surface area contributed by atoms with Crippen molar-refractivity contribution >= 4 is 38.2 Å². The van der Waals surface area contributed by atoms with Gasteiger partial charge in [-0.15, -0.1) is 0 Å². The van der Waals surface area contributed by atoms with Gasteiger partial charge in [-0.1, -0.05) is 15.9 Å². The zero-order valence-electron chi connectivity index (χ0n) is 11.6. The predicted molar refractivity (Wildman–Crippen MR) is 87.1 cm³/mol. The van der Waals surface area contributed by atoms with Crippen molar-refractivity contribution in [1.29, 1.82) is 5.41 Å². The maximum atomic E-state index is 12.2. The number of aliphatic hydroxyl groups is 1. The second-order valence-electron chi connectivity index (χ2n) is 5.61. The standard InChI is InChI=1S/C15H13BrN4O2/c16-7-1-4-9-10(5-7)18-14(19-15(9)22)12-11(21)6-20(13(12)17)8-2-3-8/h1,4-5,8,17,21H,2-3,6H2,(H,18,19,22). The molecular formula is C15H13BrN4O2. The quantitative estimate of drug-likeness (QED) is 0.766. The van der Waals surface area contributed by atoms with Crippen LogP contribution in [0.5, 0.6) is 0 Å². The first-order chi connectivity index (χ1) is 10.5. The molecular weight excluding hydrogens is 348 g/mol. The van der Waals surface area contributed by atoms with E-state index in [1.54, 1.807) is 18.2 Å². The Morgan fingerprint density at radius 2 is 2.18 bits per heavy atom. The van der Waals surface area contributed by atoms with E-state index in [2.05, 4.69) is 25.9 Å². The largest absolute Gasteiger partial charge is 0.510 e. The molecule has 1 aliphatic heterocycles. The Bertz CT molecular complexity index is 898. The minimum atomic E-state index is -0.273. The van der Waals surface area contributed by atoms with Crippen molar-refractivity contribution in [1.82, 2.24) is 14.9 Å². The van der Waals surface area contributed by atoms with Crippen LogP contribution in [0.15, 0.2) is 33.2 Å². The molecule has 0 unspecified atom stereocenters. The normalized spacial score (nSPS) is 18.6. The summed E-state index contributed by atoms with van der Waals surface area (Å²) in [5.41, 5.74) is 0.586. The van der Waals surface area contributed by atoms with Gasteiger partial charge in [-0.25, -0.2) is 4.98 Å². The zero-order valence-corrected chi connectivity index (χ0v) is 13.1. The Labute approximate surface area is 134 Å². The van der Waals surface area contributed by atoms with Gasteiger partial charge in [0, 0.05) is 10.5 Å². The van der Waals surface area contributed by atoms with Gasteiger partial charge >= 0.3 is 0 Å². The second kappa shape index (κ2) is 4.67. The molecule has 22 heavy (non-hydrogen) atoms. The summed E-state index contributed by atoms with van der Waals surface area (Å²) in [7, 11) is 0. The Balaban J connectivity index is 1.85. The molecule has 1 aliphatic carbocycles. The molecule has 4 rings (SSSR count). The first-order valence-electron chi connectivity index (χ1n) is 7.02. The van der Waals surface area contributed by atoms with Crippen molar-refractivity contribution in [3.63, 3.8) is 0 Å². The number of rotatable bonds is 2. The van der Waals surface area contributed by atoms with Crippen LogP contribution < -0.4 is 5.56 Å². The van der Waals surface area contributed by atoms with Gasteiger partial charge in [-0.2, -0.15) is 0 Å². The van der Waals surface area contributed by atoms with Gasteiger partial charge in [-0.3, -0.25) is 10.2 Å². The average molecular weight is 361 g/mol. The van der Waals surface area contributed by atoms with Gasteiger partial charge < -0.3 is 15.0 Å². The molecule has 3 N–H and O–H groups in total. The molecule has 0 spiro atoms. The summed E-state index contributed by atoms with van der Waals surface area (Å²) in [6.07, 6.45) is 2.08. The molecule has 0 bridgehead atoms. The average Bonchev–Trinajstić information content (AvgIpc) is 3.24. The third kappa shape index (κ3) is 2.04. The highest BCUT2D eigenvalue weighted by Gasteiger charge is 2.39. The molecule has 7 heteroatoms. The number of aromatic amines is 1. The molecule has 1 aromatic heterocycles. The molecule has 1 aromatic carbocycles. The van der Waals surface area contributed by atoms with E-state index in [-0.39, 0.29) is 23.0 Å². The summed E-state index contributed by atoms with van der Waals surface area (Å²) in [4.78, 5) is 21.2. The smallest absolute Gasteiger partial charge is 0.259 e. The van der Waals surface area contributed by atoms with Crippen molar-refractivity contribution < 1.29 is 5.11 Å². The van der Waals surface area contributed by atoms with Crippen molar-refractivity contribution in [2.45, 2.75) is 18.9 Å². The number of nitrogens with zero attached hydrogens (tertiary/aromatic N) is 2. The summed E-state index contributed by atoms with van der Waals surface area (Å²) < 4.78 is 0.823. The number of amidine groups is 1. The van der Waals surface area contributed by atoms with Crippen molar-refractivity contribution in [3.8, 4) is 0 Å². The highest BCUT2D eigenvalue weighted by molar-refractivity contribution is 9.10. The topological polar surface area (TPSA) is 93.1 Å². The highest BCUT2D eigenvalue weighted by atomic mass is 79.9. The monoisotopic (exact) mass is 360 g/mol. The maximum Gasteiger partial charge on any atom is 0.259 e. The van der Waals surface area contributed by atoms with Gasteiger partial charge in [0.25, 0.3) is 5.56 Å². The van der Waals surface area contributed by atoms with Crippen molar-refractivity contribution in [2.75, 3.05) is 6.54 Å². The molecule has 6 nitrogen and oxygen atoms in total. The SMILES string of the molecule is N=C1C(c2nc3cc(Br)ccc3c(=O)[nH]2)=C(O)CN1C1CC1. The lowest BCUT2D eigenvalue weighted by atomic mass is 10.2. The lowest BCUT2D eigenvalue weighted by Gasteiger charge is -2.17. The molecule has 112 valence electrons. The number of hydrogen-bond donors (Lipinski definition) is 3. The molecule has 0 amide bonds. The number of halogens is 1. The van der Waals surface area contributed by atoms with Gasteiger partial charge in [-0.05, 0) is 31.0 Å². The summed E-state index contributed by atoms with van der Waals surface area (Å²) >= 11 is 3.36. The van der Waals surface area contributed by atoms with Crippen LogP contribution in [0.4, 0.5) is 0 Å². The van der Waals surface area contributed by atoms with E-state index < -0.39 is 0 Å². The first kappa shape index (κ1) is 13.5. The van der Waals surface area contributed by atoms with Crippen LogP contribution in [0.2, 0.25) is 0 Å². The number of fused-ring (bicyclic) bond motifs is 1. The van der Waals surface area contributed by atoms with Gasteiger partial charge in [0.1, 0.15) is 17.4 Å². The van der Waals surface area contributed by atoms with Crippen LogP contribution in [-0.4, -0.2) is 38.4 Å². The number of nitrogens with one attached hydrogen (secondary N) is 2. The number of aromatic nitrogens is 2. The van der Waals surface area contributed by atoms with Gasteiger partial charge in [0.15, 0.2) is 0 Å². The third-order valence-electron chi connectivity index (χ3n) is 4.03. The molecule has 1 saturated carbocycles. The molecule has 1 fully saturated rings. The fourth-order valence-corrected chi connectivity index (χ4v) is 3.13. The van der Waals surface area contributed by atoms with Crippen molar-refractivity contribution in [3.05, 3.63) is 44.6 Å². The van der Waals surface area contributed by atoms with Crippen LogP contribution in [-0.2, 0) is 0 Å². The molecule has 2 aromatic rings. The summed E-state index contributed by atoms with van der Waals surface area (Å²) in [5, 5.41) is 18.9. The van der Waals surface area contributed by atoms with Crippen LogP contribution in [0.1, 0.15) is 18.7 Å². The maximum absolute atomic E-state index is 12.2. The molecule has 0 saturated heterocycles. The number of H-pyrrole nitrogens is 1. The number of benzene rings is 1. The number of hydrogen-bond acceptors (Lipinski definition) is 4. The lowest BCUT2D eigenvalue weighted by Crippen LogP contribution is -2.29. The predicted octanol–water partition coefficient (Wildman–Crippen LogP) is 2.41. The van der Waals surface area contributed by atoms with E-state index in [4.69, 9.17) is 5.41 Å². The van der Waals surface area contributed by atoms with Crippen LogP contribution >= 0.6 is 15.9 Å². The first-order valence-corrected chi connectivity index (χ1v) is 7.81. The van der Waals surface area contributed by atoms with Gasteiger partial charge in [0.2, 0.25) is 0 Å². The fourth-order valence-electron chi connectivity index (χ4n) is 2.78. The Kier molecular flexibility index (Phi) is 2.87. The van der Waals surface area contributed by atoms with E-state index in [0.29, 0.717) is 29.1 Å². The molecule has 2 aliphatic rings. The summed E-state index contributed by atoms with van der Waals surface area (Å²) in [6, 6.07) is 5.55. The van der Waals surface area contributed by atoms with E-state index >= 15 is 0 Å². The van der Waals surface area contributed by atoms with E-state index in [1.807, 2.05) is 4.90 Å². The Hall–Kier alpha value is -2.15. The van der Waals surface area contributed by atoms with Crippen LogP contribution in [0.3, 0.4) is 0 Å². The highest BCUT2D eigenvalue weighted by Crippen LogP contribution is 2.35. The van der Waals surface area contributed by atoms with Gasteiger partial charge in [0.05, 0.1) is 23.0 Å². The minimum absolute atomic E-state index is 0.0920. The molecule has 0 atom stereocenters. The van der Waals surface area contributed by atoms with E-state index in [1.165, 1.54) is 0 Å². The molecule has 2 heterocycles. The van der Waals surface area contributed by atoms with Crippen molar-refractivity contribution in [2.24, 2.45) is 0 Å². The zero-order chi connectivity index (χ0) is 15.4. The Morgan fingerprint density at radius 3 is 2.91 bits per heavy atom. The fraction of sp³-hybridized carbons (Fsp3) is 0.267. The third-order valence-corrected chi connectivity index (χ3v) is 4.52. The lowest BCUT2D eigenvalue weighted by molar-refractivity contribution is 0.345. The number of aliphatic hydroxyl groups excluding tert-OH is 1. The minimum Gasteiger partial charge on any atom is -0.510 e. The Morgan fingerprint density at radius 1 is 1.41 bits per heavy atom. The van der Waals surface area contributed by atoms with E-state index in [0.717, 1.165) is 17.3 Å². The van der Waals surface area contributed by atoms with E-state index in [9.17, 15) is 9.90 Å². The summed E-state index contributed by atoms with van der Waals surface area (Å²) in [6.45, 7) is 0.319. The molecule has 0 radical (unpaired) electrons. The van der Waals surface area contributed by atoms with Crippen LogP contribution in [0.25, 0.3) is 16.5 Å². The summed E-state index contributed by atoms with van der Waals surface area (Å²) in [5.74, 6) is 0.577.